The minimum atomic E-state index is -0.156. The molecular formula is C26H30ClNO2. The molecule has 1 amide bonds. The normalized spacial score (nSPS) is 11.3. The Morgan fingerprint density at radius 1 is 1.20 bits per heavy atom. The van der Waals surface area contributed by atoms with Crippen molar-refractivity contribution < 1.29 is 9.90 Å². The lowest BCUT2D eigenvalue weighted by atomic mass is 9.98. The molecule has 2 aromatic rings. The van der Waals surface area contributed by atoms with E-state index in [0.717, 1.165) is 35.1 Å². The number of carbonyl (C=O) groups is 1. The predicted octanol–water partition coefficient (Wildman–Crippen LogP) is 6.24. The lowest BCUT2D eigenvalue weighted by Gasteiger charge is -2.23. The summed E-state index contributed by atoms with van der Waals surface area (Å²) < 4.78 is 0. The molecule has 0 fully saturated rings. The van der Waals surface area contributed by atoms with Crippen molar-refractivity contribution in [3.63, 3.8) is 0 Å². The van der Waals surface area contributed by atoms with E-state index in [1.54, 1.807) is 17.0 Å². The summed E-state index contributed by atoms with van der Waals surface area (Å²) in [5.74, 6) is 2.45. The average molecular weight is 424 g/mol. The number of aryl methyl sites for hydroxylation is 1. The van der Waals surface area contributed by atoms with E-state index in [-0.39, 0.29) is 11.7 Å². The molecule has 0 bridgehead atoms. The Bertz CT molecular complexity index is 979. The number of amides is 1. The van der Waals surface area contributed by atoms with Crippen molar-refractivity contribution in [3.8, 4) is 18.1 Å². The van der Waals surface area contributed by atoms with E-state index >= 15 is 0 Å². The van der Waals surface area contributed by atoms with Crippen LogP contribution >= 0.6 is 11.6 Å². The Morgan fingerprint density at radius 3 is 2.43 bits per heavy atom. The number of phenolic OH excluding ortho intramolecular Hbond substituents is 1. The summed E-state index contributed by atoms with van der Waals surface area (Å²) >= 11 is 6.39. The van der Waals surface area contributed by atoms with Gasteiger partial charge in [-0.1, -0.05) is 49.1 Å². The average Bonchev–Trinajstić information content (AvgIpc) is 2.72. The van der Waals surface area contributed by atoms with Crippen molar-refractivity contribution in [2.75, 3.05) is 13.1 Å². The van der Waals surface area contributed by atoms with Crippen LogP contribution in [0.25, 0.3) is 6.08 Å². The molecule has 0 aromatic heterocycles. The van der Waals surface area contributed by atoms with E-state index in [1.807, 2.05) is 45.9 Å². The van der Waals surface area contributed by atoms with Gasteiger partial charge in [-0.05, 0) is 68.5 Å². The van der Waals surface area contributed by atoms with Crippen LogP contribution < -0.4 is 0 Å². The van der Waals surface area contributed by atoms with Gasteiger partial charge < -0.3 is 10.0 Å². The Morgan fingerprint density at radius 2 is 1.87 bits per heavy atom. The first-order valence-electron chi connectivity index (χ1n) is 10.4. The number of halogens is 1. The zero-order valence-corrected chi connectivity index (χ0v) is 19.0. The van der Waals surface area contributed by atoms with Crippen LogP contribution in [0.15, 0.2) is 35.9 Å². The maximum Gasteiger partial charge on any atom is 0.257 e. The maximum atomic E-state index is 13.0. The fourth-order valence-corrected chi connectivity index (χ4v) is 3.72. The molecule has 0 saturated carbocycles. The number of phenols is 1. The summed E-state index contributed by atoms with van der Waals surface area (Å²) in [4.78, 5) is 14.8. The smallest absolute Gasteiger partial charge is 0.257 e. The standard InChI is InChI=1S/C26H30ClNO2/c1-6-13-28(14-7-2)26(30)22-11-12-24(27)23(25(22)29)16-18(4)15-21-10-9-20(8-3)17-19(21)5/h3,9-12,15,17,29H,6-7,13-14,16H2,1-2,4-5H3/b18-15+. The first-order chi connectivity index (χ1) is 14.3. The van der Waals surface area contributed by atoms with E-state index in [0.29, 0.717) is 35.7 Å². The van der Waals surface area contributed by atoms with E-state index in [2.05, 4.69) is 12.0 Å². The SMILES string of the molecule is C#Cc1ccc(/C=C(\C)Cc2c(Cl)ccc(C(=O)N(CCC)CCC)c2O)c(C)c1. The zero-order chi connectivity index (χ0) is 22.3. The van der Waals surface area contributed by atoms with Crippen LogP contribution in [0.1, 0.15) is 66.2 Å². The number of terminal acetylenes is 1. The Kier molecular flexibility index (Phi) is 8.57. The molecule has 0 radical (unpaired) electrons. The number of nitrogens with zero attached hydrogens (tertiary/aromatic N) is 1. The van der Waals surface area contributed by atoms with Gasteiger partial charge in [0.1, 0.15) is 5.75 Å². The molecule has 0 aliphatic carbocycles. The van der Waals surface area contributed by atoms with E-state index in [9.17, 15) is 9.90 Å². The van der Waals surface area contributed by atoms with Crippen molar-refractivity contribution in [1.82, 2.24) is 4.90 Å². The quantitative estimate of drug-likeness (QED) is 0.510. The van der Waals surface area contributed by atoms with Gasteiger partial charge in [0.05, 0.1) is 5.56 Å². The highest BCUT2D eigenvalue weighted by atomic mass is 35.5. The second kappa shape index (κ2) is 10.9. The Labute approximate surface area is 185 Å². The van der Waals surface area contributed by atoms with Gasteiger partial charge in [0.25, 0.3) is 5.91 Å². The van der Waals surface area contributed by atoms with Gasteiger partial charge in [-0.3, -0.25) is 4.79 Å². The molecule has 0 unspecified atom stereocenters. The summed E-state index contributed by atoms with van der Waals surface area (Å²) in [6, 6.07) is 9.18. The third-order valence-electron chi connectivity index (χ3n) is 5.02. The van der Waals surface area contributed by atoms with Gasteiger partial charge in [-0.15, -0.1) is 6.42 Å². The van der Waals surface area contributed by atoms with Crippen LogP contribution in [-0.4, -0.2) is 29.0 Å². The van der Waals surface area contributed by atoms with Crippen LogP contribution in [0.2, 0.25) is 5.02 Å². The summed E-state index contributed by atoms with van der Waals surface area (Å²) in [6.07, 6.45) is 9.70. The highest BCUT2D eigenvalue weighted by Crippen LogP contribution is 2.33. The molecule has 0 aliphatic heterocycles. The fourth-order valence-electron chi connectivity index (χ4n) is 3.50. The Hall–Kier alpha value is -2.70. The molecule has 2 aromatic carbocycles. The molecule has 4 heteroatoms. The highest BCUT2D eigenvalue weighted by molar-refractivity contribution is 6.31. The molecule has 158 valence electrons. The molecule has 3 nitrogen and oxygen atoms in total. The van der Waals surface area contributed by atoms with E-state index in [1.165, 1.54) is 0 Å². The van der Waals surface area contributed by atoms with Gasteiger partial charge in [-0.25, -0.2) is 0 Å². The van der Waals surface area contributed by atoms with Crippen LogP contribution in [0.5, 0.6) is 5.75 Å². The number of carbonyl (C=O) groups excluding carboxylic acids is 1. The molecule has 0 saturated heterocycles. The molecule has 0 spiro atoms. The number of rotatable bonds is 8. The van der Waals surface area contributed by atoms with Gasteiger partial charge >= 0.3 is 0 Å². The van der Waals surface area contributed by atoms with Gasteiger partial charge in [0.2, 0.25) is 0 Å². The van der Waals surface area contributed by atoms with Crippen molar-refractivity contribution in [2.45, 2.75) is 47.0 Å². The van der Waals surface area contributed by atoms with Crippen LogP contribution in [0, 0.1) is 19.3 Å². The van der Waals surface area contributed by atoms with Crippen LogP contribution in [-0.2, 0) is 6.42 Å². The van der Waals surface area contributed by atoms with Crippen molar-refractivity contribution in [1.29, 1.82) is 0 Å². The lowest BCUT2D eigenvalue weighted by molar-refractivity contribution is 0.0752. The van der Waals surface area contributed by atoms with E-state index in [4.69, 9.17) is 18.0 Å². The molecule has 0 aliphatic rings. The summed E-state index contributed by atoms with van der Waals surface area (Å²) in [6.45, 7) is 9.40. The van der Waals surface area contributed by atoms with Gasteiger partial charge in [0, 0.05) is 29.2 Å². The lowest BCUT2D eigenvalue weighted by Crippen LogP contribution is -2.32. The van der Waals surface area contributed by atoms with Gasteiger partial charge in [0.15, 0.2) is 0 Å². The zero-order valence-electron chi connectivity index (χ0n) is 18.3. The van der Waals surface area contributed by atoms with Gasteiger partial charge in [-0.2, -0.15) is 0 Å². The molecule has 1 N–H and O–H groups in total. The summed E-state index contributed by atoms with van der Waals surface area (Å²) in [7, 11) is 0. The van der Waals surface area contributed by atoms with Crippen molar-refractivity contribution >= 4 is 23.6 Å². The largest absolute Gasteiger partial charge is 0.507 e. The molecule has 30 heavy (non-hydrogen) atoms. The first-order valence-corrected chi connectivity index (χ1v) is 10.7. The number of hydrogen-bond donors (Lipinski definition) is 1. The number of allylic oxidation sites excluding steroid dienone is 1. The summed E-state index contributed by atoms with van der Waals surface area (Å²) in [5, 5.41) is 11.3. The minimum Gasteiger partial charge on any atom is -0.507 e. The predicted molar refractivity (Wildman–Crippen MR) is 126 cm³/mol. The molecular weight excluding hydrogens is 394 g/mol. The monoisotopic (exact) mass is 423 g/mol. The molecule has 2 rings (SSSR count). The van der Waals surface area contributed by atoms with Crippen molar-refractivity contribution in [3.05, 3.63) is 68.7 Å². The minimum absolute atomic E-state index is 0.0307. The van der Waals surface area contributed by atoms with Crippen LogP contribution in [0.3, 0.4) is 0 Å². The van der Waals surface area contributed by atoms with Crippen molar-refractivity contribution in [2.24, 2.45) is 0 Å². The summed E-state index contributed by atoms with van der Waals surface area (Å²) in [5.41, 5.74) is 4.89. The maximum absolute atomic E-state index is 13.0. The highest BCUT2D eigenvalue weighted by Gasteiger charge is 2.21. The van der Waals surface area contributed by atoms with E-state index < -0.39 is 0 Å². The fraction of sp³-hybridized carbons (Fsp3) is 0.346. The third kappa shape index (κ3) is 5.68. The number of hydrogen-bond acceptors (Lipinski definition) is 2. The third-order valence-corrected chi connectivity index (χ3v) is 5.38. The number of benzene rings is 2. The second-order valence-corrected chi connectivity index (χ2v) is 8.00. The topological polar surface area (TPSA) is 40.5 Å². The Balaban J connectivity index is 2.35. The number of aromatic hydroxyl groups is 1. The van der Waals surface area contributed by atoms with Crippen LogP contribution in [0.4, 0.5) is 0 Å². The molecule has 0 atom stereocenters. The first kappa shape index (κ1) is 23.6. The second-order valence-electron chi connectivity index (χ2n) is 7.60. The molecule has 0 heterocycles.